The Morgan fingerprint density at radius 2 is 1.76 bits per heavy atom. The van der Waals surface area contributed by atoms with Crippen LogP contribution in [0.1, 0.15) is 53.1 Å². The van der Waals surface area contributed by atoms with Crippen molar-refractivity contribution in [3.05, 3.63) is 82.5 Å². The summed E-state index contributed by atoms with van der Waals surface area (Å²) in [6.07, 6.45) is 3.19. The van der Waals surface area contributed by atoms with Crippen molar-refractivity contribution in [3.8, 4) is 23.1 Å². The Hall–Kier alpha value is -4.02. The van der Waals surface area contributed by atoms with Crippen molar-refractivity contribution >= 4 is 29.1 Å². The Balaban J connectivity index is 1.35. The largest absolute Gasteiger partial charge is 0.496 e. The number of benzene rings is 2. The van der Waals surface area contributed by atoms with E-state index in [0.717, 1.165) is 0 Å². The molecule has 1 amide bonds. The van der Waals surface area contributed by atoms with E-state index in [1.165, 1.54) is 13.3 Å². The number of halogens is 1. The first-order chi connectivity index (χ1) is 18.3. The molecule has 5 rings (SSSR count). The Kier molecular flexibility index (Phi) is 7.00. The Labute approximate surface area is 226 Å². The second kappa shape index (κ2) is 10.4. The zero-order valence-electron chi connectivity index (χ0n) is 20.9. The van der Waals surface area contributed by atoms with Crippen molar-refractivity contribution in [2.45, 2.75) is 31.6 Å². The molecule has 2 aromatic carbocycles. The molecule has 192 valence electrons. The Bertz CT molecular complexity index is 1420. The number of piperidine rings is 1. The first kappa shape index (κ1) is 25.6. The van der Waals surface area contributed by atoms with Gasteiger partial charge in [0.2, 0.25) is 0 Å². The molecular formula is C30H26ClN3O4. The lowest BCUT2D eigenvalue weighted by molar-refractivity contribution is -0.138. The highest BCUT2D eigenvalue weighted by atomic mass is 35.5. The van der Waals surface area contributed by atoms with E-state index < -0.39 is 11.3 Å². The lowest BCUT2D eigenvalue weighted by atomic mass is 9.63. The molecular weight excluding hydrogens is 502 g/mol. The summed E-state index contributed by atoms with van der Waals surface area (Å²) in [7, 11) is 1.48. The minimum absolute atomic E-state index is 0.0276. The molecule has 0 bridgehead atoms. The van der Waals surface area contributed by atoms with E-state index in [9.17, 15) is 14.4 Å². The van der Waals surface area contributed by atoms with E-state index in [1.54, 1.807) is 41.3 Å². The van der Waals surface area contributed by atoms with Gasteiger partial charge in [-0.1, -0.05) is 29.8 Å². The molecule has 0 atom stereocenters. The molecule has 1 aliphatic carbocycles. The first-order valence-corrected chi connectivity index (χ1v) is 12.9. The fourth-order valence-electron chi connectivity index (χ4n) is 5.63. The number of likely N-dealkylation sites (tertiary alicyclic amines) is 1. The van der Waals surface area contributed by atoms with Crippen LogP contribution < -0.4 is 4.74 Å². The molecule has 8 heteroatoms. The molecule has 3 aromatic rings. The molecule has 0 N–H and O–H groups in total. The maximum absolute atomic E-state index is 13.5. The van der Waals surface area contributed by atoms with Gasteiger partial charge in [-0.2, -0.15) is 5.26 Å². The lowest BCUT2D eigenvalue weighted by Gasteiger charge is -2.44. The van der Waals surface area contributed by atoms with Crippen LogP contribution in [-0.2, 0) is 9.59 Å². The third-order valence-corrected chi connectivity index (χ3v) is 7.98. The standard InChI is InChI=1S/C30H26ClN3O4/c1-38-26-14-21(23-8-7-19(17-32)18-33-23)13-22(31)27(26)28-24(35)15-30(16-25(28)36)9-11-34(12-10-30)29(37)20-5-3-2-4-6-20/h2-8,13-14,18,28H,9-12,15-16H2,1H3. The van der Waals surface area contributed by atoms with E-state index in [0.29, 0.717) is 59.6 Å². The predicted octanol–water partition coefficient (Wildman–Crippen LogP) is 5.22. The second-order valence-corrected chi connectivity index (χ2v) is 10.4. The van der Waals surface area contributed by atoms with Crippen molar-refractivity contribution in [2.75, 3.05) is 20.2 Å². The van der Waals surface area contributed by atoms with Gasteiger partial charge >= 0.3 is 0 Å². The maximum atomic E-state index is 13.5. The molecule has 38 heavy (non-hydrogen) atoms. The monoisotopic (exact) mass is 527 g/mol. The van der Waals surface area contributed by atoms with Crippen molar-refractivity contribution < 1.29 is 19.1 Å². The molecule has 2 heterocycles. The number of amides is 1. The average molecular weight is 528 g/mol. The highest BCUT2D eigenvalue weighted by Gasteiger charge is 2.48. The number of methoxy groups -OCH3 is 1. The number of hydrogen-bond donors (Lipinski definition) is 0. The van der Waals surface area contributed by atoms with Gasteiger partial charge in [-0.15, -0.1) is 0 Å². The van der Waals surface area contributed by atoms with Gasteiger partial charge in [0.15, 0.2) is 0 Å². The number of aromatic nitrogens is 1. The van der Waals surface area contributed by atoms with Gasteiger partial charge in [0.1, 0.15) is 29.3 Å². The smallest absolute Gasteiger partial charge is 0.253 e. The molecule has 2 aliphatic rings. The number of nitriles is 1. The second-order valence-electron chi connectivity index (χ2n) is 10.00. The molecule has 1 saturated heterocycles. The molecule has 7 nitrogen and oxygen atoms in total. The van der Waals surface area contributed by atoms with Gasteiger partial charge in [0, 0.05) is 53.8 Å². The number of hydrogen-bond acceptors (Lipinski definition) is 6. The van der Waals surface area contributed by atoms with Crippen LogP contribution in [-0.4, -0.2) is 47.6 Å². The molecule has 1 spiro atoms. The normalized spacial score (nSPS) is 17.3. The third-order valence-electron chi connectivity index (χ3n) is 7.66. The fourth-order valence-corrected chi connectivity index (χ4v) is 5.95. The Morgan fingerprint density at radius 1 is 1.08 bits per heavy atom. The van der Waals surface area contributed by atoms with E-state index in [2.05, 4.69) is 4.98 Å². The SMILES string of the molecule is COc1cc(-c2ccc(C#N)cn2)cc(Cl)c1C1C(=O)CC2(CCN(C(=O)c3ccccc3)CC2)CC1=O. The highest BCUT2D eigenvalue weighted by Crippen LogP contribution is 2.49. The van der Waals surface area contributed by atoms with Crippen molar-refractivity contribution in [3.63, 3.8) is 0 Å². The zero-order valence-corrected chi connectivity index (χ0v) is 21.7. The minimum Gasteiger partial charge on any atom is -0.496 e. The lowest BCUT2D eigenvalue weighted by Crippen LogP contribution is -2.48. The number of ketones is 2. The summed E-state index contributed by atoms with van der Waals surface area (Å²) in [6.45, 7) is 1.02. The summed E-state index contributed by atoms with van der Waals surface area (Å²) >= 11 is 6.67. The van der Waals surface area contributed by atoms with Crippen molar-refractivity contribution in [2.24, 2.45) is 5.41 Å². The zero-order chi connectivity index (χ0) is 26.9. The minimum atomic E-state index is -0.991. The fraction of sp³-hybridized carbons (Fsp3) is 0.300. The number of carbonyl (C=O) groups is 3. The summed E-state index contributed by atoms with van der Waals surface area (Å²) in [6, 6.07) is 17.9. The molecule has 1 aromatic heterocycles. The third kappa shape index (κ3) is 4.80. The predicted molar refractivity (Wildman–Crippen MR) is 142 cm³/mol. The van der Waals surface area contributed by atoms with Gasteiger partial charge in [-0.25, -0.2) is 0 Å². The molecule has 1 saturated carbocycles. The van der Waals surface area contributed by atoms with Crippen LogP contribution >= 0.6 is 11.6 Å². The number of ether oxygens (including phenoxy) is 1. The highest BCUT2D eigenvalue weighted by molar-refractivity contribution is 6.33. The number of nitrogens with zero attached hydrogens (tertiary/aromatic N) is 3. The van der Waals surface area contributed by atoms with Gasteiger partial charge in [-0.3, -0.25) is 19.4 Å². The van der Waals surface area contributed by atoms with E-state index in [4.69, 9.17) is 21.6 Å². The van der Waals surface area contributed by atoms with Gasteiger partial charge in [0.05, 0.1) is 18.4 Å². The van der Waals surface area contributed by atoms with Crippen LogP contribution in [0, 0.1) is 16.7 Å². The van der Waals surface area contributed by atoms with Crippen LogP contribution in [0.3, 0.4) is 0 Å². The summed E-state index contributed by atoms with van der Waals surface area (Å²) in [5, 5.41) is 9.28. The number of pyridine rings is 1. The van der Waals surface area contributed by atoms with Crippen LogP contribution in [0.25, 0.3) is 11.3 Å². The van der Waals surface area contributed by atoms with Crippen LogP contribution in [0.5, 0.6) is 5.75 Å². The molecule has 0 unspecified atom stereocenters. The van der Waals surface area contributed by atoms with Gasteiger partial charge < -0.3 is 9.64 Å². The van der Waals surface area contributed by atoms with Crippen LogP contribution in [0.2, 0.25) is 5.02 Å². The van der Waals surface area contributed by atoms with Crippen LogP contribution in [0.4, 0.5) is 0 Å². The summed E-state index contributed by atoms with van der Waals surface area (Å²) < 4.78 is 5.59. The summed E-state index contributed by atoms with van der Waals surface area (Å²) in [5.41, 5.74) is 2.26. The van der Waals surface area contributed by atoms with Gasteiger partial charge in [0.25, 0.3) is 5.91 Å². The summed E-state index contributed by atoms with van der Waals surface area (Å²) in [4.78, 5) is 46.0. The average Bonchev–Trinajstić information content (AvgIpc) is 2.94. The molecule has 0 radical (unpaired) electrons. The van der Waals surface area contributed by atoms with Crippen molar-refractivity contribution in [1.82, 2.24) is 9.88 Å². The van der Waals surface area contributed by atoms with E-state index in [1.807, 2.05) is 24.3 Å². The Morgan fingerprint density at radius 3 is 2.34 bits per heavy atom. The topological polar surface area (TPSA) is 100 Å². The summed E-state index contributed by atoms with van der Waals surface area (Å²) in [5.74, 6) is -1.01. The number of carbonyl (C=O) groups excluding carboxylic acids is 3. The van der Waals surface area contributed by atoms with E-state index in [-0.39, 0.29) is 35.3 Å². The molecule has 2 fully saturated rings. The van der Waals surface area contributed by atoms with Gasteiger partial charge in [-0.05, 0) is 54.7 Å². The number of Topliss-reactive ketones (excluding diaryl/α,β-unsaturated/α-hetero) is 2. The number of rotatable bonds is 4. The quantitative estimate of drug-likeness (QED) is 0.431. The molecule has 1 aliphatic heterocycles. The van der Waals surface area contributed by atoms with Crippen LogP contribution in [0.15, 0.2) is 60.8 Å². The first-order valence-electron chi connectivity index (χ1n) is 12.5. The maximum Gasteiger partial charge on any atom is 0.253 e. The van der Waals surface area contributed by atoms with E-state index >= 15 is 0 Å². The van der Waals surface area contributed by atoms with Crippen molar-refractivity contribution in [1.29, 1.82) is 5.26 Å².